The van der Waals surface area contributed by atoms with E-state index in [0.717, 1.165) is 43.6 Å². The summed E-state index contributed by atoms with van der Waals surface area (Å²) in [7, 11) is 0. The molecule has 0 aliphatic carbocycles. The number of carbonyl (C=O) groups excluding carboxylic acids is 2. The van der Waals surface area contributed by atoms with E-state index in [1.807, 2.05) is 65.6 Å². The molecule has 134 valence electrons. The Morgan fingerprint density at radius 2 is 1.46 bits per heavy atom. The molecule has 2 heterocycles. The van der Waals surface area contributed by atoms with Gasteiger partial charge in [0.2, 0.25) is 11.8 Å². The fraction of sp³-hybridized carbons (Fsp3) is 0.364. The third kappa shape index (κ3) is 3.24. The first kappa shape index (κ1) is 16.8. The van der Waals surface area contributed by atoms with Crippen LogP contribution < -0.4 is 5.32 Å². The molecule has 4 nitrogen and oxygen atoms in total. The number of amides is 2. The Bertz CT molecular complexity index is 741. The fourth-order valence-corrected chi connectivity index (χ4v) is 4.26. The summed E-state index contributed by atoms with van der Waals surface area (Å²) in [5, 5.41) is 2.96. The molecule has 26 heavy (non-hydrogen) atoms. The standard InChI is InChI=1S/C22H24N2O2/c25-19-15-22(16-23-19)11-13-24(14-12-22)21(26)20(17-7-3-1-4-8-17)18-9-5-2-6-10-18/h1-10,20H,11-16H2,(H,23,25). The average Bonchev–Trinajstić information content (AvgIpc) is 3.04. The van der Waals surface area contributed by atoms with Crippen LogP contribution in [0.25, 0.3) is 0 Å². The van der Waals surface area contributed by atoms with Gasteiger partial charge in [-0.25, -0.2) is 0 Å². The van der Waals surface area contributed by atoms with Gasteiger partial charge in [-0.15, -0.1) is 0 Å². The predicted molar refractivity (Wildman–Crippen MR) is 101 cm³/mol. The molecule has 2 saturated heterocycles. The monoisotopic (exact) mass is 348 g/mol. The second-order valence-corrected chi connectivity index (χ2v) is 7.53. The third-order valence-corrected chi connectivity index (χ3v) is 5.84. The Labute approximate surface area is 154 Å². The molecular weight excluding hydrogens is 324 g/mol. The van der Waals surface area contributed by atoms with Crippen molar-refractivity contribution in [3.05, 3.63) is 71.8 Å². The number of nitrogens with one attached hydrogen (secondary N) is 1. The van der Waals surface area contributed by atoms with E-state index in [1.54, 1.807) is 0 Å². The quantitative estimate of drug-likeness (QED) is 0.927. The van der Waals surface area contributed by atoms with Crippen LogP contribution in [-0.4, -0.2) is 36.3 Å². The molecule has 2 amide bonds. The molecule has 2 aromatic carbocycles. The summed E-state index contributed by atoms with van der Waals surface area (Å²) in [5.74, 6) is 0.0422. The van der Waals surface area contributed by atoms with Gasteiger partial charge in [0, 0.05) is 26.1 Å². The molecule has 2 aliphatic heterocycles. The van der Waals surface area contributed by atoms with E-state index in [1.165, 1.54) is 0 Å². The normalized spacial score (nSPS) is 19.0. The summed E-state index contributed by atoms with van der Waals surface area (Å²) < 4.78 is 0. The van der Waals surface area contributed by atoms with Gasteiger partial charge in [-0.3, -0.25) is 9.59 Å². The van der Waals surface area contributed by atoms with Crippen LogP contribution in [0.2, 0.25) is 0 Å². The lowest BCUT2D eigenvalue weighted by atomic mass is 9.77. The molecule has 4 rings (SSSR count). The molecule has 2 fully saturated rings. The van der Waals surface area contributed by atoms with E-state index >= 15 is 0 Å². The Hall–Kier alpha value is -2.62. The summed E-state index contributed by atoms with van der Waals surface area (Å²) in [5.41, 5.74) is 2.12. The maximum absolute atomic E-state index is 13.4. The van der Waals surface area contributed by atoms with Crippen molar-refractivity contribution in [2.75, 3.05) is 19.6 Å². The number of likely N-dealkylation sites (tertiary alicyclic amines) is 1. The van der Waals surface area contributed by atoms with Crippen LogP contribution in [-0.2, 0) is 9.59 Å². The van der Waals surface area contributed by atoms with Gasteiger partial charge in [0.05, 0.1) is 5.92 Å². The van der Waals surface area contributed by atoms with Crippen molar-refractivity contribution >= 4 is 11.8 Å². The van der Waals surface area contributed by atoms with Crippen LogP contribution >= 0.6 is 0 Å². The lowest BCUT2D eigenvalue weighted by Gasteiger charge is -2.39. The van der Waals surface area contributed by atoms with Crippen molar-refractivity contribution in [3.8, 4) is 0 Å². The molecule has 4 heteroatoms. The van der Waals surface area contributed by atoms with Gasteiger partial charge in [-0.1, -0.05) is 60.7 Å². The molecule has 0 atom stereocenters. The van der Waals surface area contributed by atoms with Crippen molar-refractivity contribution < 1.29 is 9.59 Å². The van der Waals surface area contributed by atoms with Gasteiger partial charge in [0.25, 0.3) is 0 Å². The molecule has 1 spiro atoms. The molecule has 1 N–H and O–H groups in total. The van der Waals surface area contributed by atoms with Gasteiger partial charge in [0.15, 0.2) is 0 Å². The number of benzene rings is 2. The summed E-state index contributed by atoms with van der Waals surface area (Å²) in [6.45, 7) is 2.21. The highest BCUT2D eigenvalue weighted by atomic mass is 16.2. The SMILES string of the molecule is O=C1CC2(CCN(C(=O)C(c3ccccc3)c3ccccc3)CC2)CN1. The van der Waals surface area contributed by atoms with E-state index in [4.69, 9.17) is 0 Å². The molecule has 2 aromatic rings. The van der Waals surface area contributed by atoms with Crippen molar-refractivity contribution in [1.82, 2.24) is 10.2 Å². The number of hydrogen-bond donors (Lipinski definition) is 1. The fourth-order valence-electron chi connectivity index (χ4n) is 4.26. The zero-order valence-electron chi connectivity index (χ0n) is 14.9. The van der Waals surface area contributed by atoms with Crippen LogP contribution in [0.1, 0.15) is 36.3 Å². The van der Waals surface area contributed by atoms with Crippen molar-refractivity contribution in [3.63, 3.8) is 0 Å². The summed E-state index contributed by atoms with van der Waals surface area (Å²) in [6, 6.07) is 20.0. The maximum Gasteiger partial charge on any atom is 0.234 e. The topological polar surface area (TPSA) is 49.4 Å². The zero-order chi connectivity index (χ0) is 18.0. The van der Waals surface area contributed by atoms with Crippen molar-refractivity contribution in [2.24, 2.45) is 5.41 Å². The van der Waals surface area contributed by atoms with Gasteiger partial charge >= 0.3 is 0 Å². The molecule has 0 saturated carbocycles. The maximum atomic E-state index is 13.4. The molecule has 0 unspecified atom stereocenters. The lowest BCUT2D eigenvalue weighted by Crippen LogP contribution is -2.45. The minimum absolute atomic E-state index is 0.0584. The smallest absolute Gasteiger partial charge is 0.234 e. The highest BCUT2D eigenvalue weighted by Crippen LogP contribution is 2.38. The number of rotatable bonds is 3. The van der Waals surface area contributed by atoms with Crippen LogP contribution in [0.15, 0.2) is 60.7 Å². The van der Waals surface area contributed by atoms with Gasteiger partial charge in [-0.2, -0.15) is 0 Å². The summed E-state index contributed by atoms with van der Waals surface area (Å²) in [6.07, 6.45) is 2.40. The Kier molecular flexibility index (Phi) is 4.49. The van der Waals surface area contributed by atoms with E-state index in [-0.39, 0.29) is 23.1 Å². The van der Waals surface area contributed by atoms with Crippen molar-refractivity contribution in [1.29, 1.82) is 0 Å². The van der Waals surface area contributed by atoms with Crippen LogP contribution in [0.3, 0.4) is 0 Å². The first-order valence-electron chi connectivity index (χ1n) is 9.32. The molecule has 2 aliphatic rings. The summed E-state index contributed by atoms with van der Waals surface area (Å²) >= 11 is 0. The zero-order valence-corrected chi connectivity index (χ0v) is 14.9. The van der Waals surface area contributed by atoms with Crippen LogP contribution in [0.4, 0.5) is 0 Å². The molecular formula is C22H24N2O2. The highest BCUT2D eigenvalue weighted by Gasteiger charge is 2.42. The minimum atomic E-state index is -0.269. The van der Waals surface area contributed by atoms with Crippen molar-refractivity contribution in [2.45, 2.75) is 25.2 Å². The molecule has 0 aromatic heterocycles. The second-order valence-electron chi connectivity index (χ2n) is 7.53. The highest BCUT2D eigenvalue weighted by molar-refractivity contribution is 5.87. The number of carbonyl (C=O) groups is 2. The van der Waals surface area contributed by atoms with Gasteiger partial charge < -0.3 is 10.2 Å². The van der Waals surface area contributed by atoms with Crippen LogP contribution in [0.5, 0.6) is 0 Å². The second kappa shape index (κ2) is 6.94. The number of hydrogen-bond acceptors (Lipinski definition) is 2. The lowest BCUT2D eigenvalue weighted by molar-refractivity contribution is -0.134. The third-order valence-electron chi connectivity index (χ3n) is 5.84. The predicted octanol–water partition coefficient (Wildman–Crippen LogP) is 2.95. The molecule has 0 bridgehead atoms. The van der Waals surface area contributed by atoms with E-state index in [0.29, 0.717) is 6.42 Å². The van der Waals surface area contributed by atoms with Crippen LogP contribution in [0, 0.1) is 5.41 Å². The Morgan fingerprint density at radius 1 is 0.923 bits per heavy atom. The Morgan fingerprint density at radius 3 is 1.92 bits per heavy atom. The van der Waals surface area contributed by atoms with E-state index in [2.05, 4.69) is 5.32 Å². The molecule has 0 radical (unpaired) electrons. The van der Waals surface area contributed by atoms with Gasteiger partial charge in [0.1, 0.15) is 0 Å². The van der Waals surface area contributed by atoms with Gasteiger partial charge in [-0.05, 0) is 29.4 Å². The Balaban J connectivity index is 1.55. The first-order valence-corrected chi connectivity index (χ1v) is 9.32. The first-order chi connectivity index (χ1) is 12.7. The number of nitrogens with zero attached hydrogens (tertiary/aromatic N) is 1. The number of piperidine rings is 1. The average molecular weight is 348 g/mol. The largest absolute Gasteiger partial charge is 0.356 e. The van der Waals surface area contributed by atoms with E-state index < -0.39 is 0 Å². The van der Waals surface area contributed by atoms with E-state index in [9.17, 15) is 9.59 Å². The minimum Gasteiger partial charge on any atom is -0.356 e. The summed E-state index contributed by atoms with van der Waals surface area (Å²) in [4.78, 5) is 27.0.